The number of ether oxygens (including phenoxy) is 1. The van der Waals surface area contributed by atoms with Crippen LogP contribution < -0.4 is 9.78 Å². The molecular weight excluding hydrogens is 446 g/mol. The van der Waals surface area contributed by atoms with E-state index in [0.29, 0.717) is 10.7 Å². The van der Waals surface area contributed by atoms with Crippen molar-refractivity contribution in [3.05, 3.63) is 59.6 Å². The van der Waals surface area contributed by atoms with E-state index in [1.165, 1.54) is 13.8 Å². The number of amides is 1. The number of hydrogen-bond acceptors (Lipinski definition) is 2. The summed E-state index contributed by atoms with van der Waals surface area (Å²) in [6, 6.07) is 15.7. The summed E-state index contributed by atoms with van der Waals surface area (Å²) in [5.74, 6) is -0.409. The van der Waals surface area contributed by atoms with Gasteiger partial charge in [-0.15, -0.1) is 0 Å². The molecular formula is C19H19ClF3NO2Se. The summed E-state index contributed by atoms with van der Waals surface area (Å²) in [6.45, 7) is 1.56. The van der Waals surface area contributed by atoms with Crippen molar-refractivity contribution in [2.45, 2.75) is 30.4 Å². The molecule has 1 unspecified atom stereocenters. The fraction of sp³-hybridized carbons (Fsp3) is 0.316. The number of nitrogens with one attached hydrogen (secondary N) is 1. The van der Waals surface area contributed by atoms with Gasteiger partial charge in [-0.1, -0.05) is 0 Å². The first-order valence-corrected chi connectivity index (χ1v) is 10.3. The predicted molar refractivity (Wildman–Crippen MR) is 102 cm³/mol. The number of benzene rings is 2. The van der Waals surface area contributed by atoms with Crippen LogP contribution in [0, 0.1) is 0 Å². The van der Waals surface area contributed by atoms with Crippen molar-refractivity contribution in [3.8, 4) is 0 Å². The van der Waals surface area contributed by atoms with Gasteiger partial charge in [-0.25, -0.2) is 0 Å². The van der Waals surface area contributed by atoms with Crippen LogP contribution in [0.15, 0.2) is 54.6 Å². The van der Waals surface area contributed by atoms with Crippen LogP contribution in [-0.4, -0.2) is 39.2 Å². The Hall–Kier alpha value is -1.53. The Morgan fingerprint density at radius 1 is 1.11 bits per heavy atom. The van der Waals surface area contributed by atoms with Crippen LogP contribution in [0.4, 0.5) is 18.9 Å². The summed E-state index contributed by atoms with van der Waals surface area (Å²) in [5.41, 5.74) is -0.776. The second-order valence-corrected chi connectivity index (χ2v) is 9.10. The van der Waals surface area contributed by atoms with Gasteiger partial charge < -0.3 is 0 Å². The molecule has 8 heteroatoms. The predicted octanol–water partition coefficient (Wildman–Crippen LogP) is 4.45. The van der Waals surface area contributed by atoms with Crippen LogP contribution in [0.25, 0.3) is 0 Å². The molecule has 0 saturated carbocycles. The first kappa shape index (κ1) is 21.8. The first-order chi connectivity index (χ1) is 12.6. The Kier molecular flexibility index (Phi) is 7.34. The molecule has 0 bridgehead atoms. The van der Waals surface area contributed by atoms with E-state index < -0.39 is 44.1 Å². The summed E-state index contributed by atoms with van der Waals surface area (Å²) in [7, 11) is 0. The van der Waals surface area contributed by atoms with E-state index in [1.54, 1.807) is 54.6 Å². The molecule has 2 aromatic rings. The molecule has 0 aromatic heterocycles. The Labute approximate surface area is 167 Å². The van der Waals surface area contributed by atoms with Crippen molar-refractivity contribution in [1.29, 1.82) is 0 Å². The average Bonchev–Trinajstić information content (AvgIpc) is 2.59. The Morgan fingerprint density at radius 2 is 1.70 bits per heavy atom. The van der Waals surface area contributed by atoms with Gasteiger partial charge in [-0.05, 0) is 0 Å². The third kappa shape index (κ3) is 6.85. The zero-order valence-electron chi connectivity index (χ0n) is 14.7. The van der Waals surface area contributed by atoms with Crippen LogP contribution >= 0.6 is 11.6 Å². The van der Waals surface area contributed by atoms with Gasteiger partial charge in [0.25, 0.3) is 0 Å². The number of alkyl halides is 3. The fourth-order valence-electron chi connectivity index (χ4n) is 2.25. The number of rotatable bonds is 7. The third-order valence-electron chi connectivity index (χ3n) is 3.60. The molecule has 2 rings (SSSR count). The van der Waals surface area contributed by atoms with Crippen molar-refractivity contribution >= 4 is 42.6 Å². The van der Waals surface area contributed by atoms with E-state index in [4.69, 9.17) is 16.3 Å². The average molecular weight is 465 g/mol. The topological polar surface area (TPSA) is 38.3 Å². The molecule has 0 aliphatic heterocycles. The Bertz CT molecular complexity index is 769. The minimum atomic E-state index is -4.48. The molecule has 2 aromatic carbocycles. The minimum absolute atomic E-state index is 0.409. The standard InChI is InChI=1S/C19H19ClF3NO2Se/c1-18(2,26-12-19(21,22)23)16(27-15-11-7-6-10-14(15)20)17(25)24-13-8-4-3-5-9-13/h3-11,16H,12H2,1-2H3,(H,24,25). The fourth-order valence-corrected chi connectivity index (χ4v) is 4.95. The zero-order valence-corrected chi connectivity index (χ0v) is 17.2. The molecule has 0 aliphatic rings. The summed E-state index contributed by atoms with van der Waals surface area (Å²) in [6.07, 6.45) is -4.48. The summed E-state index contributed by atoms with van der Waals surface area (Å²) >= 11 is 5.65. The van der Waals surface area contributed by atoms with E-state index in [9.17, 15) is 18.0 Å². The molecule has 1 N–H and O–H groups in total. The molecule has 0 radical (unpaired) electrons. The number of hydrogen-bond donors (Lipinski definition) is 1. The van der Waals surface area contributed by atoms with Gasteiger partial charge in [-0.3, -0.25) is 0 Å². The molecule has 1 atom stereocenters. The van der Waals surface area contributed by atoms with Gasteiger partial charge >= 0.3 is 167 Å². The number of carbonyl (C=O) groups excluding carboxylic acids is 1. The Morgan fingerprint density at radius 3 is 2.30 bits per heavy atom. The van der Waals surface area contributed by atoms with E-state index >= 15 is 0 Å². The van der Waals surface area contributed by atoms with E-state index in [1.807, 2.05) is 0 Å². The van der Waals surface area contributed by atoms with Crippen LogP contribution in [0.3, 0.4) is 0 Å². The monoisotopic (exact) mass is 465 g/mol. The van der Waals surface area contributed by atoms with Crippen molar-refractivity contribution in [2.24, 2.45) is 0 Å². The second-order valence-electron chi connectivity index (χ2n) is 6.29. The molecule has 146 valence electrons. The number of carbonyl (C=O) groups is 1. The summed E-state index contributed by atoms with van der Waals surface area (Å²) in [4.78, 5) is 12.1. The molecule has 3 nitrogen and oxygen atoms in total. The zero-order chi connectivity index (χ0) is 20.1. The molecule has 0 fully saturated rings. The second kappa shape index (κ2) is 9.11. The number of anilines is 1. The van der Waals surface area contributed by atoms with Gasteiger partial charge in [0.05, 0.1) is 0 Å². The van der Waals surface area contributed by atoms with Crippen LogP contribution in [0.1, 0.15) is 13.8 Å². The normalized spacial score (nSPS) is 13.3. The van der Waals surface area contributed by atoms with Gasteiger partial charge in [0, 0.05) is 0 Å². The van der Waals surface area contributed by atoms with Gasteiger partial charge in [0.2, 0.25) is 0 Å². The van der Waals surface area contributed by atoms with Gasteiger partial charge in [-0.2, -0.15) is 0 Å². The van der Waals surface area contributed by atoms with E-state index in [0.717, 1.165) is 4.46 Å². The molecule has 0 heterocycles. The SMILES string of the molecule is CC(C)(OCC(F)(F)F)C([Se]c1ccccc1Cl)C(=O)Nc1ccccc1. The maximum atomic E-state index is 12.9. The van der Waals surface area contributed by atoms with Crippen molar-refractivity contribution < 1.29 is 22.7 Å². The van der Waals surface area contributed by atoms with Crippen molar-refractivity contribution in [1.82, 2.24) is 0 Å². The van der Waals surface area contributed by atoms with Gasteiger partial charge in [0.1, 0.15) is 0 Å². The maximum absolute atomic E-state index is 12.9. The van der Waals surface area contributed by atoms with Crippen LogP contribution in [-0.2, 0) is 9.53 Å². The molecule has 1 amide bonds. The quantitative estimate of drug-likeness (QED) is 0.615. The molecule has 0 aliphatic carbocycles. The third-order valence-corrected chi connectivity index (χ3v) is 7.60. The van der Waals surface area contributed by atoms with E-state index in [2.05, 4.69) is 5.32 Å². The van der Waals surface area contributed by atoms with Crippen LogP contribution in [0.2, 0.25) is 9.84 Å². The van der Waals surface area contributed by atoms with Gasteiger partial charge in [0.15, 0.2) is 0 Å². The van der Waals surface area contributed by atoms with Crippen molar-refractivity contribution in [3.63, 3.8) is 0 Å². The van der Waals surface area contributed by atoms with E-state index in [-0.39, 0.29) is 0 Å². The number of para-hydroxylation sites is 1. The Balaban J connectivity index is 2.26. The summed E-state index contributed by atoms with van der Waals surface area (Å²) < 4.78 is 43.8. The molecule has 27 heavy (non-hydrogen) atoms. The number of halogens is 4. The van der Waals surface area contributed by atoms with Crippen molar-refractivity contribution in [2.75, 3.05) is 11.9 Å². The van der Waals surface area contributed by atoms with Crippen LogP contribution in [0.5, 0.6) is 0 Å². The first-order valence-electron chi connectivity index (χ1n) is 8.06. The molecule has 0 spiro atoms. The molecule has 0 saturated heterocycles. The summed E-state index contributed by atoms with van der Waals surface area (Å²) in [5, 5.41) is 3.23.